The fourth-order valence-electron chi connectivity index (χ4n) is 2.22. The SMILES string of the molecule is COc1ccccc1CCNc1nccn2nccc12. The van der Waals surface area contributed by atoms with Crippen LogP contribution in [0.5, 0.6) is 5.75 Å². The number of fused-ring (bicyclic) bond motifs is 1. The molecule has 2 aromatic heterocycles. The van der Waals surface area contributed by atoms with Crippen molar-refractivity contribution in [3.05, 3.63) is 54.5 Å². The molecule has 1 N–H and O–H groups in total. The highest BCUT2D eigenvalue weighted by atomic mass is 16.5. The minimum absolute atomic E-state index is 0.790. The average Bonchev–Trinajstić information content (AvgIpc) is 2.97. The zero-order valence-corrected chi connectivity index (χ0v) is 11.3. The molecule has 0 atom stereocenters. The second-order valence-corrected chi connectivity index (χ2v) is 4.43. The van der Waals surface area contributed by atoms with Crippen LogP contribution in [0.3, 0.4) is 0 Å². The van der Waals surface area contributed by atoms with Gasteiger partial charge < -0.3 is 10.1 Å². The molecule has 102 valence electrons. The van der Waals surface area contributed by atoms with Crippen LogP contribution in [0.1, 0.15) is 5.56 Å². The van der Waals surface area contributed by atoms with Gasteiger partial charge in [-0.3, -0.25) is 0 Å². The minimum atomic E-state index is 0.790. The van der Waals surface area contributed by atoms with Gasteiger partial charge in [-0.05, 0) is 24.1 Å². The van der Waals surface area contributed by atoms with Gasteiger partial charge in [0.1, 0.15) is 11.3 Å². The molecular weight excluding hydrogens is 252 g/mol. The van der Waals surface area contributed by atoms with E-state index in [1.165, 1.54) is 5.56 Å². The monoisotopic (exact) mass is 268 g/mol. The average molecular weight is 268 g/mol. The van der Waals surface area contributed by atoms with E-state index in [1.807, 2.05) is 30.5 Å². The third kappa shape index (κ3) is 2.42. The van der Waals surface area contributed by atoms with Crippen molar-refractivity contribution in [3.8, 4) is 5.75 Å². The molecule has 0 aliphatic rings. The Labute approximate surface area is 117 Å². The van der Waals surface area contributed by atoms with Crippen molar-refractivity contribution in [2.45, 2.75) is 6.42 Å². The van der Waals surface area contributed by atoms with Gasteiger partial charge in [-0.15, -0.1) is 0 Å². The first kappa shape index (κ1) is 12.5. The summed E-state index contributed by atoms with van der Waals surface area (Å²) < 4.78 is 7.15. The van der Waals surface area contributed by atoms with Crippen LogP contribution in [0, 0.1) is 0 Å². The lowest BCUT2D eigenvalue weighted by atomic mass is 10.1. The molecule has 2 heterocycles. The van der Waals surface area contributed by atoms with Crippen LogP contribution in [0.2, 0.25) is 0 Å². The normalized spacial score (nSPS) is 10.7. The number of nitrogens with zero attached hydrogens (tertiary/aromatic N) is 3. The molecule has 0 saturated carbocycles. The zero-order chi connectivity index (χ0) is 13.8. The van der Waals surface area contributed by atoms with Crippen molar-refractivity contribution >= 4 is 11.3 Å². The quantitative estimate of drug-likeness (QED) is 0.772. The number of hydrogen-bond donors (Lipinski definition) is 1. The van der Waals surface area contributed by atoms with Crippen molar-refractivity contribution in [1.29, 1.82) is 0 Å². The Morgan fingerprint density at radius 1 is 1.20 bits per heavy atom. The molecule has 0 bridgehead atoms. The Morgan fingerprint density at radius 2 is 2.10 bits per heavy atom. The number of methoxy groups -OCH3 is 1. The van der Waals surface area contributed by atoms with E-state index in [0.717, 1.165) is 30.0 Å². The first-order valence-electron chi connectivity index (χ1n) is 6.52. The molecule has 3 aromatic rings. The summed E-state index contributed by atoms with van der Waals surface area (Å²) in [5.41, 5.74) is 2.16. The number of ether oxygens (including phenoxy) is 1. The minimum Gasteiger partial charge on any atom is -0.496 e. The van der Waals surface area contributed by atoms with Crippen LogP contribution in [0.4, 0.5) is 5.82 Å². The maximum Gasteiger partial charge on any atom is 0.152 e. The maximum atomic E-state index is 5.35. The molecule has 5 nitrogen and oxygen atoms in total. The Kier molecular flexibility index (Phi) is 3.50. The van der Waals surface area contributed by atoms with E-state index in [2.05, 4.69) is 21.5 Å². The van der Waals surface area contributed by atoms with E-state index in [4.69, 9.17) is 4.74 Å². The third-order valence-electron chi connectivity index (χ3n) is 3.20. The number of nitrogens with one attached hydrogen (secondary N) is 1. The second kappa shape index (κ2) is 5.61. The van der Waals surface area contributed by atoms with Gasteiger partial charge in [-0.2, -0.15) is 5.10 Å². The number of hydrogen-bond acceptors (Lipinski definition) is 4. The Hall–Kier alpha value is -2.56. The lowest BCUT2D eigenvalue weighted by Crippen LogP contribution is -2.08. The summed E-state index contributed by atoms with van der Waals surface area (Å²) in [5.74, 6) is 1.77. The van der Waals surface area contributed by atoms with Crippen molar-refractivity contribution in [2.75, 3.05) is 19.0 Å². The zero-order valence-electron chi connectivity index (χ0n) is 11.3. The molecule has 0 radical (unpaired) electrons. The molecule has 3 rings (SSSR count). The molecule has 0 fully saturated rings. The predicted molar refractivity (Wildman–Crippen MR) is 78.2 cm³/mol. The van der Waals surface area contributed by atoms with E-state index in [1.54, 1.807) is 24.0 Å². The predicted octanol–water partition coefficient (Wildman–Crippen LogP) is 2.39. The van der Waals surface area contributed by atoms with Gasteiger partial charge in [0.05, 0.1) is 13.3 Å². The number of aromatic nitrogens is 3. The van der Waals surface area contributed by atoms with Crippen LogP contribution in [0.25, 0.3) is 5.52 Å². The summed E-state index contributed by atoms with van der Waals surface area (Å²) in [6.45, 7) is 0.790. The van der Waals surface area contributed by atoms with E-state index in [9.17, 15) is 0 Å². The van der Waals surface area contributed by atoms with Crippen molar-refractivity contribution in [3.63, 3.8) is 0 Å². The van der Waals surface area contributed by atoms with Gasteiger partial charge in [0.2, 0.25) is 0 Å². The lowest BCUT2D eigenvalue weighted by Gasteiger charge is -2.09. The Balaban J connectivity index is 1.69. The van der Waals surface area contributed by atoms with Crippen molar-refractivity contribution in [1.82, 2.24) is 14.6 Å². The molecule has 0 unspecified atom stereocenters. The van der Waals surface area contributed by atoms with Crippen LogP contribution in [-0.2, 0) is 6.42 Å². The van der Waals surface area contributed by atoms with E-state index < -0.39 is 0 Å². The number of para-hydroxylation sites is 1. The fourth-order valence-corrected chi connectivity index (χ4v) is 2.22. The van der Waals surface area contributed by atoms with Gasteiger partial charge in [-0.25, -0.2) is 9.50 Å². The number of benzene rings is 1. The maximum absolute atomic E-state index is 5.35. The smallest absolute Gasteiger partial charge is 0.152 e. The molecular formula is C15H16N4O. The van der Waals surface area contributed by atoms with Crippen molar-refractivity contribution in [2.24, 2.45) is 0 Å². The first-order valence-corrected chi connectivity index (χ1v) is 6.52. The molecule has 0 saturated heterocycles. The van der Waals surface area contributed by atoms with Gasteiger partial charge in [0, 0.05) is 18.9 Å². The van der Waals surface area contributed by atoms with E-state index in [-0.39, 0.29) is 0 Å². The first-order chi connectivity index (χ1) is 9.88. The molecule has 0 amide bonds. The van der Waals surface area contributed by atoms with E-state index in [0.29, 0.717) is 0 Å². The molecule has 20 heavy (non-hydrogen) atoms. The summed E-state index contributed by atoms with van der Waals surface area (Å²) in [6.07, 6.45) is 6.22. The van der Waals surface area contributed by atoms with Crippen LogP contribution in [-0.4, -0.2) is 28.3 Å². The molecule has 1 aromatic carbocycles. The summed E-state index contributed by atoms with van der Waals surface area (Å²) in [6, 6.07) is 10.00. The standard InChI is InChI=1S/C15H16N4O/c1-20-14-5-3-2-4-12(14)6-8-16-15-13-7-9-18-19(13)11-10-17-15/h2-5,7,9-11H,6,8H2,1H3,(H,16,17). The fraction of sp³-hybridized carbons (Fsp3) is 0.200. The van der Waals surface area contributed by atoms with Gasteiger partial charge in [0.25, 0.3) is 0 Å². The molecule has 0 aliphatic carbocycles. The number of rotatable bonds is 5. The summed E-state index contributed by atoms with van der Waals surface area (Å²) >= 11 is 0. The molecule has 0 aliphatic heterocycles. The van der Waals surface area contributed by atoms with Gasteiger partial charge in [0.15, 0.2) is 5.82 Å². The third-order valence-corrected chi connectivity index (χ3v) is 3.20. The van der Waals surface area contributed by atoms with Crippen molar-refractivity contribution < 1.29 is 4.74 Å². The molecule has 0 spiro atoms. The van der Waals surface area contributed by atoms with Crippen LogP contribution >= 0.6 is 0 Å². The largest absolute Gasteiger partial charge is 0.496 e. The number of anilines is 1. The summed E-state index contributed by atoms with van der Waals surface area (Å²) in [7, 11) is 1.70. The van der Waals surface area contributed by atoms with Crippen LogP contribution in [0.15, 0.2) is 48.9 Å². The van der Waals surface area contributed by atoms with Gasteiger partial charge in [-0.1, -0.05) is 18.2 Å². The second-order valence-electron chi connectivity index (χ2n) is 4.43. The summed E-state index contributed by atoms with van der Waals surface area (Å²) in [4.78, 5) is 4.35. The van der Waals surface area contributed by atoms with Crippen LogP contribution < -0.4 is 10.1 Å². The van der Waals surface area contributed by atoms with Gasteiger partial charge >= 0.3 is 0 Å². The lowest BCUT2D eigenvalue weighted by molar-refractivity contribution is 0.410. The van der Waals surface area contributed by atoms with E-state index >= 15 is 0 Å². The highest BCUT2D eigenvalue weighted by Gasteiger charge is 2.04. The summed E-state index contributed by atoms with van der Waals surface area (Å²) in [5, 5.41) is 7.54. The highest BCUT2D eigenvalue weighted by molar-refractivity contribution is 5.66. The topological polar surface area (TPSA) is 51.5 Å². The Bertz CT molecular complexity index is 708. The Morgan fingerprint density at radius 3 is 3.00 bits per heavy atom. The highest BCUT2D eigenvalue weighted by Crippen LogP contribution is 2.18. The molecule has 5 heteroatoms.